The van der Waals surface area contributed by atoms with Crippen molar-refractivity contribution in [2.45, 2.75) is 56.7 Å². The number of hydrogen-bond donors (Lipinski definition) is 5. The van der Waals surface area contributed by atoms with Gasteiger partial charge >= 0.3 is 12.1 Å². The Hall–Kier alpha value is -3.20. The van der Waals surface area contributed by atoms with Gasteiger partial charge in [0, 0.05) is 35.4 Å². The minimum Gasteiger partial charge on any atom is -0.479 e. The predicted molar refractivity (Wildman–Crippen MR) is 133 cm³/mol. The van der Waals surface area contributed by atoms with E-state index in [-0.39, 0.29) is 5.92 Å². The third-order valence-electron chi connectivity index (χ3n) is 7.03. The third-order valence-corrected chi connectivity index (χ3v) is 7.85. The molecule has 14 heteroatoms. The van der Waals surface area contributed by atoms with Gasteiger partial charge in [-0.1, -0.05) is 0 Å². The molecule has 196 valence electrons. The van der Waals surface area contributed by atoms with Crippen LogP contribution in [0.15, 0.2) is 34.3 Å². The zero-order valence-electron chi connectivity index (χ0n) is 19.5. The van der Waals surface area contributed by atoms with Gasteiger partial charge in [0.1, 0.15) is 5.82 Å². The zero-order valence-corrected chi connectivity index (χ0v) is 21.1. The molecule has 0 radical (unpaired) electrons. The molecule has 0 spiro atoms. The molecule has 12 nitrogen and oxygen atoms in total. The van der Waals surface area contributed by atoms with Crippen molar-refractivity contribution in [3.63, 3.8) is 0 Å². The molecule has 0 aromatic carbocycles. The molecule has 2 aliphatic rings. The fraction of sp³-hybridized carbons (Fsp3) is 0.435. The van der Waals surface area contributed by atoms with Crippen LogP contribution in [0.2, 0.25) is 0 Å². The summed E-state index contributed by atoms with van der Waals surface area (Å²) in [7, 11) is 0. The Bertz CT molecular complexity index is 1420. The molecule has 3 aromatic heterocycles. The summed E-state index contributed by atoms with van der Waals surface area (Å²) in [5.74, 6) is -1.54. The second kappa shape index (κ2) is 9.59. The Morgan fingerprint density at radius 3 is 2.49 bits per heavy atom. The number of carboxylic acids is 1. The highest BCUT2D eigenvalue weighted by atomic mass is 79.9. The van der Waals surface area contributed by atoms with E-state index in [1.54, 1.807) is 16.9 Å². The quantitative estimate of drug-likeness (QED) is 0.274. The van der Waals surface area contributed by atoms with Crippen molar-refractivity contribution >= 4 is 44.6 Å². The highest BCUT2D eigenvalue weighted by Crippen LogP contribution is 2.42. The monoisotopic (exact) mass is 577 g/mol. The van der Waals surface area contributed by atoms with Crippen LogP contribution in [-0.2, 0) is 10.9 Å². The molecule has 5 rings (SSSR count). The van der Waals surface area contributed by atoms with Crippen LogP contribution in [0.25, 0.3) is 11.2 Å². The van der Waals surface area contributed by atoms with Crippen molar-refractivity contribution < 1.29 is 29.6 Å². The van der Waals surface area contributed by atoms with Crippen LogP contribution < -0.4 is 5.73 Å². The van der Waals surface area contributed by atoms with E-state index in [9.17, 15) is 24.5 Å². The van der Waals surface area contributed by atoms with Crippen molar-refractivity contribution in [1.29, 1.82) is 0 Å². The number of alkyl halides is 1. The van der Waals surface area contributed by atoms with E-state index in [4.69, 9.17) is 15.8 Å². The summed E-state index contributed by atoms with van der Waals surface area (Å²) in [5.41, 5.74) is 10.5. The van der Waals surface area contributed by atoms with Gasteiger partial charge in [-0.2, -0.15) is 19.4 Å². The molecule has 0 amide bonds. The fourth-order valence-corrected chi connectivity index (χ4v) is 5.57. The minimum absolute atomic E-state index is 0.000130. The maximum atomic E-state index is 14.0. The molecule has 1 saturated carbocycles. The second-order valence-corrected chi connectivity index (χ2v) is 10.1. The lowest BCUT2D eigenvalue weighted by molar-refractivity contribution is -0.380. The number of rotatable bonds is 6. The number of aromatic nitrogens is 5. The van der Waals surface area contributed by atoms with E-state index in [1.807, 2.05) is 0 Å². The van der Waals surface area contributed by atoms with Gasteiger partial charge in [-0.25, -0.2) is 14.2 Å². The van der Waals surface area contributed by atoms with E-state index >= 15 is 0 Å². The van der Waals surface area contributed by atoms with E-state index in [0.29, 0.717) is 70.4 Å². The summed E-state index contributed by atoms with van der Waals surface area (Å²) in [4.78, 5) is 20.4. The number of halogens is 2. The van der Waals surface area contributed by atoms with E-state index < -0.39 is 24.2 Å². The molecule has 37 heavy (non-hydrogen) atoms. The molecule has 1 aliphatic heterocycles. The summed E-state index contributed by atoms with van der Waals surface area (Å²) in [6.45, 7) is 0. The van der Waals surface area contributed by atoms with Crippen LogP contribution in [0.4, 0.5) is 10.2 Å². The van der Waals surface area contributed by atoms with Crippen molar-refractivity contribution in [2.75, 3.05) is 5.73 Å². The van der Waals surface area contributed by atoms with E-state index in [2.05, 4.69) is 31.1 Å². The maximum absolute atomic E-state index is 14.0. The molecular formula is C23H25BrFN7O5. The number of aliphatic hydroxyl groups is 3. The van der Waals surface area contributed by atoms with Crippen molar-refractivity contribution in [1.82, 2.24) is 24.4 Å². The molecule has 1 atom stereocenters. The molecular weight excluding hydrogens is 553 g/mol. The number of fused-ring (bicyclic) bond motifs is 1. The summed E-state index contributed by atoms with van der Waals surface area (Å²) in [6.07, 6.45) is 4.31. The number of hydrogen-bond acceptors (Lipinski definition) is 9. The SMILES string of the molecule is Nc1c(Br)c(C2CCC(C(F)C(=O)O)CC2)nc2c(C3=CN=C(c4cnn(C(O)(O)O)c4)CC3)cnn12. The average Bonchev–Trinajstić information content (AvgIpc) is 3.54. The van der Waals surface area contributed by atoms with Gasteiger partial charge in [-0.05, 0) is 60.0 Å². The molecule has 1 fully saturated rings. The highest BCUT2D eigenvalue weighted by molar-refractivity contribution is 9.10. The lowest BCUT2D eigenvalue weighted by atomic mass is 9.78. The lowest BCUT2D eigenvalue weighted by Crippen LogP contribution is -2.32. The van der Waals surface area contributed by atoms with Crippen LogP contribution in [0.5, 0.6) is 0 Å². The molecule has 0 bridgehead atoms. The highest BCUT2D eigenvalue weighted by Gasteiger charge is 2.34. The zero-order chi connectivity index (χ0) is 26.5. The van der Waals surface area contributed by atoms with E-state index in [0.717, 1.165) is 16.8 Å². The van der Waals surface area contributed by atoms with Gasteiger partial charge in [0.2, 0.25) is 0 Å². The third kappa shape index (κ3) is 4.77. The second-order valence-electron chi connectivity index (χ2n) is 9.35. The lowest BCUT2D eigenvalue weighted by Gasteiger charge is -2.29. The molecule has 1 aliphatic carbocycles. The minimum atomic E-state index is -3.09. The van der Waals surface area contributed by atoms with E-state index in [1.165, 1.54) is 12.4 Å². The summed E-state index contributed by atoms with van der Waals surface area (Å²) >= 11 is 3.54. The van der Waals surface area contributed by atoms with Crippen LogP contribution >= 0.6 is 15.9 Å². The number of nitrogens with zero attached hydrogens (tertiary/aromatic N) is 6. The maximum Gasteiger partial charge on any atom is 0.389 e. The van der Waals surface area contributed by atoms with Crippen LogP contribution in [0.3, 0.4) is 0 Å². The Morgan fingerprint density at radius 1 is 1.16 bits per heavy atom. The van der Waals surface area contributed by atoms with Crippen molar-refractivity contribution in [3.8, 4) is 0 Å². The number of nitrogen functional groups attached to an aromatic ring is 1. The predicted octanol–water partition coefficient (Wildman–Crippen LogP) is 2.14. The summed E-state index contributed by atoms with van der Waals surface area (Å²) in [5, 5.41) is 45.0. The number of carboxylic acid groups (broad SMARTS) is 1. The first-order valence-electron chi connectivity index (χ1n) is 11.7. The fourth-order valence-electron chi connectivity index (χ4n) is 4.99. The number of aliphatic imine (C=N–C) groups is 1. The Kier molecular flexibility index (Phi) is 6.60. The van der Waals surface area contributed by atoms with Crippen LogP contribution in [0, 0.1) is 5.92 Å². The van der Waals surface area contributed by atoms with Crippen LogP contribution in [0.1, 0.15) is 61.3 Å². The molecule has 0 saturated heterocycles. The van der Waals surface area contributed by atoms with Gasteiger partial charge in [-0.3, -0.25) is 4.99 Å². The first kappa shape index (κ1) is 25.4. The smallest absolute Gasteiger partial charge is 0.389 e. The first-order valence-corrected chi connectivity index (χ1v) is 12.5. The molecule has 4 heterocycles. The number of nitrogens with two attached hydrogens (primary N) is 1. The van der Waals surface area contributed by atoms with Gasteiger partial charge in [-0.15, -0.1) is 0 Å². The van der Waals surface area contributed by atoms with Crippen molar-refractivity contribution in [3.05, 3.63) is 46.1 Å². The number of carbonyl (C=O) groups is 1. The molecule has 6 N–H and O–H groups in total. The average molecular weight is 578 g/mol. The van der Waals surface area contributed by atoms with Crippen molar-refractivity contribution in [2.24, 2.45) is 10.9 Å². The Morgan fingerprint density at radius 2 is 1.89 bits per heavy atom. The Labute approximate surface area is 218 Å². The number of anilines is 1. The summed E-state index contributed by atoms with van der Waals surface area (Å²) < 4.78 is 16.8. The van der Waals surface area contributed by atoms with Gasteiger partial charge in [0.15, 0.2) is 11.8 Å². The Balaban J connectivity index is 1.42. The van der Waals surface area contributed by atoms with Gasteiger partial charge in [0.05, 0.1) is 28.3 Å². The largest absolute Gasteiger partial charge is 0.479 e. The normalized spacial score (nSPS) is 21.5. The first-order chi connectivity index (χ1) is 17.5. The van der Waals surface area contributed by atoms with Gasteiger partial charge < -0.3 is 26.2 Å². The molecule has 1 unspecified atom stereocenters. The van der Waals surface area contributed by atoms with Gasteiger partial charge in [0.25, 0.3) is 0 Å². The topological polar surface area (TPSA) is 184 Å². The van der Waals surface area contributed by atoms with Crippen LogP contribution in [-0.4, -0.2) is 62.7 Å². The number of aliphatic carboxylic acids is 1. The molecule has 3 aromatic rings. The standard InChI is InChI=1S/C23H25BrFN7O5/c24-17-19(12-3-1-11(2-4-12)18(25)22(33)34)30-21-15(9-29-32(21)20(17)26)13-5-6-16(27-7-13)14-8-28-31(10-14)23(35,36)37/h7-12,18,35-37H,1-6,26H2,(H,33,34). The number of allylic oxidation sites excluding steroid dienone is 1. The summed E-state index contributed by atoms with van der Waals surface area (Å²) in [6, 6.07) is 0.